The zero-order valence-corrected chi connectivity index (χ0v) is 11.3. The average molecular weight is 294 g/mol. The van der Waals surface area contributed by atoms with Crippen molar-refractivity contribution in [2.75, 3.05) is 13.7 Å². The molecule has 7 nitrogen and oxygen atoms in total. The lowest BCUT2D eigenvalue weighted by molar-refractivity contribution is -0.170. The SMILES string of the molecule is COC(OC(=O)c1ccccc1)[C@@H]1OC[C@H]2OC(=O)O[C@H]21. The lowest BCUT2D eigenvalue weighted by atomic mass is 10.1. The third-order valence-corrected chi connectivity index (χ3v) is 3.36. The first kappa shape index (κ1) is 13.8. The van der Waals surface area contributed by atoms with E-state index in [9.17, 15) is 9.59 Å². The van der Waals surface area contributed by atoms with Crippen LogP contribution in [0.1, 0.15) is 10.4 Å². The predicted octanol–water partition coefficient (Wildman–Crippen LogP) is 1.12. The van der Waals surface area contributed by atoms with Crippen molar-refractivity contribution in [2.45, 2.75) is 24.6 Å². The maximum atomic E-state index is 12.0. The van der Waals surface area contributed by atoms with E-state index in [1.165, 1.54) is 7.11 Å². The number of hydrogen-bond acceptors (Lipinski definition) is 7. The van der Waals surface area contributed by atoms with Gasteiger partial charge in [0.05, 0.1) is 12.2 Å². The van der Waals surface area contributed by atoms with Crippen LogP contribution in [0.3, 0.4) is 0 Å². The van der Waals surface area contributed by atoms with Crippen LogP contribution in [0.4, 0.5) is 4.79 Å². The molecule has 0 aliphatic carbocycles. The van der Waals surface area contributed by atoms with E-state index in [1.807, 2.05) is 0 Å². The Morgan fingerprint density at radius 2 is 2.05 bits per heavy atom. The van der Waals surface area contributed by atoms with Gasteiger partial charge < -0.3 is 23.7 Å². The van der Waals surface area contributed by atoms with Gasteiger partial charge >= 0.3 is 12.1 Å². The largest absolute Gasteiger partial charge is 0.509 e. The predicted molar refractivity (Wildman–Crippen MR) is 67.5 cm³/mol. The molecule has 0 N–H and O–H groups in total. The van der Waals surface area contributed by atoms with Crippen LogP contribution in [0, 0.1) is 0 Å². The first-order valence-corrected chi connectivity index (χ1v) is 6.46. The second kappa shape index (κ2) is 5.71. The van der Waals surface area contributed by atoms with Crippen molar-refractivity contribution in [2.24, 2.45) is 0 Å². The van der Waals surface area contributed by atoms with Crippen LogP contribution in [0.5, 0.6) is 0 Å². The lowest BCUT2D eigenvalue weighted by Crippen LogP contribution is -2.41. The first-order valence-electron chi connectivity index (χ1n) is 6.46. The molecule has 4 atom stereocenters. The molecule has 2 saturated heterocycles. The van der Waals surface area contributed by atoms with Gasteiger partial charge in [-0.25, -0.2) is 9.59 Å². The molecule has 0 aromatic heterocycles. The molecule has 0 bridgehead atoms. The minimum absolute atomic E-state index is 0.184. The van der Waals surface area contributed by atoms with Crippen molar-refractivity contribution in [3.63, 3.8) is 0 Å². The normalized spacial score (nSPS) is 28.4. The zero-order chi connectivity index (χ0) is 14.8. The third-order valence-electron chi connectivity index (χ3n) is 3.36. The number of benzene rings is 1. The van der Waals surface area contributed by atoms with E-state index in [0.717, 1.165) is 0 Å². The molecule has 2 fully saturated rings. The van der Waals surface area contributed by atoms with Gasteiger partial charge in [-0.3, -0.25) is 0 Å². The summed E-state index contributed by atoms with van der Waals surface area (Å²) in [6, 6.07) is 8.52. The highest BCUT2D eigenvalue weighted by atomic mass is 16.8. The van der Waals surface area contributed by atoms with Crippen molar-refractivity contribution in [3.05, 3.63) is 35.9 Å². The molecule has 7 heteroatoms. The maximum Gasteiger partial charge on any atom is 0.509 e. The van der Waals surface area contributed by atoms with Crippen LogP contribution in [-0.2, 0) is 23.7 Å². The average Bonchev–Trinajstić information content (AvgIpc) is 3.04. The van der Waals surface area contributed by atoms with E-state index in [1.54, 1.807) is 30.3 Å². The third kappa shape index (κ3) is 2.70. The molecule has 2 aliphatic rings. The van der Waals surface area contributed by atoms with Gasteiger partial charge in [0.1, 0.15) is 0 Å². The number of hydrogen-bond donors (Lipinski definition) is 0. The summed E-state index contributed by atoms with van der Waals surface area (Å²) in [7, 11) is 1.39. The molecule has 0 amide bonds. The zero-order valence-electron chi connectivity index (χ0n) is 11.3. The van der Waals surface area contributed by atoms with Crippen LogP contribution < -0.4 is 0 Å². The van der Waals surface area contributed by atoms with Crippen LogP contribution >= 0.6 is 0 Å². The number of esters is 1. The fourth-order valence-corrected chi connectivity index (χ4v) is 2.34. The second-order valence-corrected chi connectivity index (χ2v) is 4.66. The summed E-state index contributed by atoms with van der Waals surface area (Å²) in [6.07, 6.45) is -3.56. The Morgan fingerprint density at radius 1 is 1.29 bits per heavy atom. The Labute approximate surface area is 120 Å². The summed E-state index contributed by atoms with van der Waals surface area (Å²) in [5.74, 6) is -0.542. The molecule has 0 spiro atoms. The Morgan fingerprint density at radius 3 is 2.76 bits per heavy atom. The number of carbonyl (C=O) groups excluding carboxylic acids is 2. The number of rotatable bonds is 4. The summed E-state index contributed by atoms with van der Waals surface area (Å²) in [6.45, 7) is 0.184. The van der Waals surface area contributed by atoms with Gasteiger partial charge in [0.25, 0.3) is 0 Å². The Kier molecular flexibility index (Phi) is 3.76. The summed E-state index contributed by atoms with van der Waals surface area (Å²) in [5.41, 5.74) is 0.397. The van der Waals surface area contributed by atoms with Crippen LogP contribution in [0.2, 0.25) is 0 Å². The van der Waals surface area contributed by atoms with Crippen molar-refractivity contribution < 1.29 is 33.3 Å². The number of methoxy groups -OCH3 is 1. The van der Waals surface area contributed by atoms with Gasteiger partial charge in [-0.15, -0.1) is 0 Å². The molecule has 1 aromatic rings. The van der Waals surface area contributed by atoms with Crippen LogP contribution in [-0.4, -0.2) is 50.4 Å². The Balaban J connectivity index is 1.68. The minimum Gasteiger partial charge on any atom is -0.429 e. The molecule has 21 heavy (non-hydrogen) atoms. The van der Waals surface area contributed by atoms with E-state index in [4.69, 9.17) is 23.7 Å². The Bertz CT molecular complexity index is 529. The van der Waals surface area contributed by atoms with Crippen molar-refractivity contribution in [3.8, 4) is 0 Å². The summed E-state index contributed by atoms with van der Waals surface area (Å²) >= 11 is 0. The van der Waals surface area contributed by atoms with Gasteiger partial charge in [0.15, 0.2) is 18.3 Å². The fourth-order valence-electron chi connectivity index (χ4n) is 2.34. The fraction of sp³-hybridized carbons (Fsp3) is 0.429. The van der Waals surface area contributed by atoms with Crippen molar-refractivity contribution >= 4 is 12.1 Å². The molecular formula is C14H14O7. The molecule has 0 radical (unpaired) electrons. The molecule has 0 saturated carbocycles. The van der Waals surface area contributed by atoms with E-state index >= 15 is 0 Å². The standard InChI is InChI=1S/C14H14O7/c1-17-13(21-12(15)8-5-3-2-4-6-8)11-10-9(7-18-11)19-14(16)20-10/h2-6,9-11,13H,7H2,1H3/t9-,10-,11-,13?/m1/s1. The number of ether oxygens (including phenoxy) is 5. The molecule has 3 rings (SSSR count). The summed E-state index contributed by atoms with van der Waals surface area (Å²) < 4.78 is 25.8. The molecule has 1 unspecified atom stereocenters. The van der Waals surface area contributed by atoms with Gasteiger partial charge in [-0.1, -0.05) is 18.2 Å². The summed E-state index contributed by atoms with van der Waals surface area (Å²) in [4.78, 5) is 23.1. The van der Waals surface area contributed by atoms with Gasteiger partial charge in [0, 0.05) is 7.11 Å². The highest BCUT2D eigenvalue weighted by Gasteiger charge is 2.52. The Hall–Kier alpha value is -2.12. The minimum atomic E-state index is -0.984. The number of fused-ring (bicyclic) bond motifs is 1. The lowest BCUT2D eigenvalue weighted by Gasteiger charge is -2.23. The van der Waals surface area contributed by atoms with E-state index in [0.29, 0.717) is 5.56 Å². The first-order chi connectivity index (χ1) is 10.2. The van der Waals surface area contributed by atoms with E-state index in [2.05, 4.69) is 0 Å². The second-order valence-electron chi connectivity index (χ2n) is 4.66. The van der Waals surface area contributed by atoms with Gasteiger partial charge in [0.2, 0.25) is 6.29 Å². The molecule has 2 heterocycles. The van der Waals surface area contributed by atoms with Gasteiger partial charge in [-0.2, -0.15) is 0 Å². The number of carbonyl (C=O) groups is 2. The highest BCUT2D eigenvalue weighted by Crippen LogP contribution is 2.30. The molecule has 2 aliphatic heterocycles. The molecular weight excluding hydrogens is 280 g/mol. The monoisotopic (exact) mass is 294 g/mol. The van der Waals surface area contributed by atoms with E-state index < -0.39 is 36.7 Å². The molecule has 1 aromatic carbocycles. The van der Waals surface area contributed by atoms with Crippen LogP contribution in [0.15, 0.2) is 30.3 Å². The quantitative estimate of drug-likeness (QED) is 0.608. The van der Waals surface area contributed by atoms with Gasteiger partial charge in [-0.05, 0) is 12.1 Å². The van der Waals surface area contributed by atoms with Crippen molar-refractivity contribution in [1.82, 2.24) is 0 Å². The maximum absolute atomic E-state index is 12.0. The van der Waals surface area contributed by atoms with E-state index in [-0.39, 0.29) is 6.61 Å². The van der Waals surface area contributed by atoms with Crippen LogP contribution in [0.25, 0.3) is 0 Å². The molecule has 112 valence electrons. The highest BCUT2D eigenvalue weighted by molar-refractivity contribution is 5.89. The topological polar surface area (TPSA) is 80.3 Å². The van der Waals surface area contributed by atoms with Crippen molar-refractivity contribution in [1.29, 1.82) is 0 Å². The smallest absolute Gasteiger partial charge is 0.429 e. The summed E-state index contributed by atoms with van der Waals surface area (Å²) in [5, 5.41) is 0.